The highest BCUT2D eigenvalue weighted by Crippen LogP contribution is 2.12. The second-order valence-electron chi connectivity index (χ2n) is 3.90. The Morgan fingerprint density at radius 1 is 1.22 bits per heavy atom. The second-order valence-corrected chi connectivity index (χ2v) is 5.38. The number of rotatable bonds is 6. The Morgan fingerprint density at radius 3 is 2.78 bits per heavy atom. The third-order valence-electron chi connectivity index (χ3n) is 2.61. The zero-order valence-electron chi connectivity index (χ0n) is 9.96. The van der Waals surface area contributed by atoms with Crippen LogP contribution in [-0.2, 0) is 17.8 Å². The van der Waals surface area contributed by atoms with Crippen LogP contribution in [0.1, 0.15) is 16.0 Å². The highest BCUT2D eigenvalue weighted by atomic mass is 32.1. The summed E-state index contributed by atoms with van der Waals surface area (Å²) in [5.41, 5.74) is 7.63. The van der Waals surface area contributed by atoms with E-state index in [0.29, 0.717) is 18.2 Å². The Morgan fingerprint density at radius 2 is 2.06 bits per heavy atom. The molecular formula is C14H15NOS2. The first-order valence-electron chi connectivity index (χ1n) is 5.75. The van der Waals surface area contributed by atoms with Crippen molar-refractivity contribution in [2.24, 2.45) is 5.73 Å². The van der Waals surface area contributed by atoms with Crippen LogP contribution in [0.4, 0.5) is 0 Å². The summed E-state index contributed by atoms with van der Waals surface area (Å²) in [4.78, 5) is 1.77. The molecule has 0 amide bonds. The quantitative estimate of drug-likeness (QED) is 0.651. The van der Waals surface area contributed by atoms with Gasteiger partial charge in [-0.05, 0) is 17.0 Å². The van der Waals surface area contributed by atoms with E-state index >= 15 is 0 Å². The predicted molar refractivity (Wildman–Crippen MR) is 80.0 cm³/mol. The molecule has 1 aromatic heterocycles. The maximum Gasteiger partial charge on any atom is 0.104 e. The largest absolute Gasteiger partial charge is 0.389 e. The van der Waals surface area contributed by atoms with Crippen LogP contribution < -0.4 is 5.73 Å². The molecule has 18 heavy (non-hydrogen) atoms. The fourth-order valence-corrected chi connectivity index (χ4v) is 2.59. The Labute approximate surface area is 116 Å². The normalized spacial score (nSPS) is 10.4. The minimum Gasteiger partial charge on any atom is -0.389 e. The number of thiophene rings is 1. The molecule has 1 heterocycles. The molecule has 0 aliphatic carbocycles. The number of nitrogens with two attached hydrogens (primary N) is 1. The molecule has 2 aromatic rings. The van der Waals surface area contributed by atoms with Crippen molar-refractivity contribution in [1.29, 1.82) is 0 Å². The average Bonchev–Trinajstić information content (AvgIpc) is 2.88. The monoisotopic (exact) mass is 277 g/mol. The minimum absolute atomic E-state index is 0.424. The third kappa shape index (κ3) is 3.63. The molecule has 94 valence electrons. The lowest BCUT2D eigenvalue weighted by Crippen LogP contribution is -2.13. The van der Waals surface area contributed by atoms with E-state index in [9.17, 15) is 0 Å². The SMILES string of the molecule is NC(=S)c1ccccc1COCCc1cccs1. The Bertz CT molecular complexity index is 508. The van der Waals surface area contributed by atoms with E-state index in [1.807, 2.05) is 24.3 Å². The number of benzene rings is 1. The molecule has 0 aliphatic rings. The first-order chi connectivity index (χ1) is 8.77. The molecule has 0 fully saturated rings. The molecule has 0 radical (unpaired) electrons. The van der Waals surface area contributed by atoms with Gasteiger partial charge in [0.2, 0.25) is 0 Å². The predicted octanol–water partition coefficient (Wildman–Crippen LogP) is 3.14. The van der Waals surface area contributed by atoms with Gasteiger partial charge in [-0.1, -0.05) is 42.5 Å². The topological polar surface area (TPSA) is 35.2 Å². The fraction of sp³-hybridized carbons (Fsp3) is 0.214. The Kier molecular flexibility index (Phi) is 4.87. The van der Waals surface area contributed by atoms with Crippen LogP contribution in [0.15, 0.2) is 41.8 Å². The zero-order valence-corrected chi connectivity index (χ0v) is 11.6. The van der Waals surface area contributed by atoms with Gasteiger partial charge in [-0.15, -0.1) is 11.3 Å². The summed E-state index contributed by atoms with van der Waals surface area (Å²) in [5, 5.41) is 2.08. The molecule has 2 nitrogen and oxygen atoms in total. The van der Waals surface area contributed by atoms with Crippen molar-refractivity contribution in [3.05, 3.63) is 57.8 Å². The van der Waals surface area contributed by atoms with E-state index in [1.54, 1.807) is 11.3 Å². The summed E-state index contributed by atoms with van der Waals surface area (Å²) in [6.45, 7) is 1.27. The lowest BCUT2D eigenvalue weighted by atomic mass is 10.1. The molecule has 2 N–H and O–H groups in total. The highest BCUT2D eigenvalue weighted by Gasteiger charge is 2.04. The van der Waals surface area contributed by atoms with Gasteiger partial charge in [0.25, 0.3) is 0 Å². The van der Waals surface area contributed by atoms with Crippen LogP contribution in [0.5, 0.6) is 0 Å². The lowest BCUT2D eigenvalue weighted by molar-refractivity contribution is 0.124. The second kappa shape index (κ2) is 6.64. The number of thiocarbonyl (C=S) groups is 1. The summed E-state index contributed by atoms with van der Waals surface area (Å²) >= 11 is 6.77. The molecule has 0 saturated carbocycles. The van der Waals surface area contributed by atoms with E-state index < -0.39 is 0 Å². The Hall–Kier alpha value is -1.23. The van der Waals surface area contributed by atoms with Gasteiger partial charge < -0.3 is 10.5 Å². The summed E-state index contributed by atoms with van der Waals surface area (Å²) in [6, 6.07) is 12.0. The number of ether oxygens (including phenoxy) is 1. The zero-order chi connectivity index (χ0) is 12.8. The summed E-state index contributed by atoms with van der Waals surface area (Å²) in [7, 11) is 0. The van der Waals surface area contributed by atoms with Gasteiger partial charge in [0.05, 0.1) is 13.2 Å². The van der Waals surface area contributed by atoms with E-state index in [2.05, 4.69) is 17.5 Å². The van der Waals surface area contributed by atoms with E-state index in [0.717, 1.165) is 17.5 Å². The van der Waals surface area contributed by atoms with Gasteiger partial charge >= 0.3 is 0 Å². The number of hydrogen-bond donors (Lipinski definition) is 1. The molecule has 4 heteroatoms. The van der Waals surface area contributed by atoms with Crippen molar-refractivity contribution in [1.82, 2.24) is 0 Å². The summed E-state index contributed by atoms with van der Waals surface area (Å²) in [5.74, 6) is 0. The van der Waals surface area contributed by atoms with E-state index in [4.69, 9.17) is 22.7 Å². The molecular weight excluding hydrogens is 262 g/mol. The number of hydrogen-bond acceptors (Lipinski definition) is 3. The standard InChI is InChI=1S/C14H15NOS2/c15-14(17)13-6-2-1-4-11(13)10-16-8-7-12-5-3-9-18-12/h1-6,9H,7-8,10H2,(H2,15,17). The van der Waals surface area contributed by atoms with Gasteiger partial charge in [-0.3, -0.25) is 0 Å². The molecule has 0 unspecified atom stereocenters. The van der Waals surface area contributed by atoms with Crippen molar-refractivity contribution in [3.63, 3.8) is 0 Å². The van der Waals surface area contributed by atoms with Crippen LogP contribution in [0.3, 0.4) is 0 Å². The molecule has 0 bridgehead atoms. The van der Waals surface area contributed by atoms with Gasteiger partial charge in [0.1, 0.15) is 4.99 Å². The van der Waals surface area contributed by atoms with Gasteiger partial charge in [0.15, 0.2) is 0 Å². The third-order valence-corrected chi connectivity index (χ3v) is 3.77. The highest BCUT2D eigenvalue weighted by molar-refractivity contribution is 7.80. The average molecular weight is 277 g/mol. The van der Waals surface area contributed by atoms with Crippen molar-refractivity contribution in [3.8, 4) is 0 Å². The molecule has 1 aromatic carbocycles. The first-order valence-corrected chi connectivity index (χ1v) is 7.04. The van der Waals surface area contributed by atoms with Gasteiger partial charge in [-0.2, -0.15) is 0 Å². The van der Waals surface area contributed by atoms with Gasteiger partial charge in [-0.25, -0.2) is 0 Å². The maximum absolute atomic E-state index is 5.68. The summed E-state index contributed by atoms with van der Waals surface area (Å²) in [6.07, 6.45) is 0.951. The van der Waals surface area contributed by atoms with Crippen LogP contribution in [-0.4, -0.2) is 11.6 Å². The van der Waals surface area contributed by atoms with Crippen LogP contribution in [0.2, 0.25) is 0 Å². The lowest BCUT2D eigenvalue weighted by Gasteiger charge is -2.08. The maximum atomic E-state index is 5.68. The first kappa shape index (κ1) is 13.2. The fourth-order valence-electron chi connectivity index (χ4n) is 1.70. The molecule has 2 rings (SSSR count). The van der Waals surface area contributed by atoms with Crippen LogP contribution in [0.25, 0.3) is 0 Å². The minimum atomic E-state index is 0.424. The Balaban J connectivity index is 1.85. The summed E-state index contributed by atoms with van der Waals surface area (Å²) < 4.78 is 5.68. The van der Waals surface area contributed by atoms with Crippen molar-refractivity contribution < 1.29 is 4.74 Å². The van der Waals surface area contributed by atoms with Crippen molar-refractivity contribution in [2.45, 2.75) is 13.0 Å². The van der Waals surface area contributed by atoms with Crippen molar-refractivity contribution in [2.75, 3.05) is 6.61 Å². The van der Waals surface area contributed by atoms with Gasteiger partial charge in [0, 0.05) is 16.9 Å². The molecule has 0 aliphatic heterocycles. The van der Waals surface area contributed by atoms with Crippen molar-refractivity contribution >= 4 is 28.5 Å². The molecule has 0 spiro atoms. The molecule has 0 atom stereocenters. The van der Waals surface area contributed by atoms with Crippen LogP contribution in [0, 0.1) is 0 Å². The van der Waals surface area contributed by atoms with Crippen LogP contribution >= 0.6 is 23.6 Å². The smallest absolute Gasteiger partial charge is 0.104 e. The van der Waals surface area contributed by atoms with E-state index in [-0.39, 0.29) is 0 Å². The molecule has 0 saturated heterocycles. The van der Waals surface area contributed by atoms with E-state index in [1.165, 1.54) is 4.88 Å².